The molecule has 1 atom stereocenters. The van der Waals surface area contributed by atoms with E-state index in [1.165, 1.54) is 22.5 Å². The average Bonchev–Trinajstić information content (AvgIpc) is 2.70. The number of hydrogen-bond acceptors (Lipinski definition) is 5. The van der Waals surface area contributed by atoms with Gasteiger partial charge in [-0.05, 0) is 43.3 Å². The maximum absolute atomic E-state index is 12.8. The van der Waals surface area contributed by atoms with Gasteiger partial charge in [-0.15, -0.1) is 0 Å². The van der Waals surface area contributed by atoms with Gasteiger partial charge in [0.15, 0.2) is 6.10 Å². The van der Waals surface area contributed by atoms with Gasteiger partial charge in [0.25, 0.3) is 11.8 Å². The molecule has 3 rings (SSSR count). The Labute approximate surface area is 180 Å². The van der Waals surface area contributed by atoms with E-state index in [-0.39, 0.29) is 34.5 Å². The van der Waals surface area contributed by atoms with Crippen LogP contribution in [0, 0.1) is 0 Å². The fraction of sp³-hybridized carbons (Fsp3) is 0.300. The number of benzene rings is 2. The van der Waals surface area contributed by atoms with Crippen LogP contribution < -0.4 is 15.4 Å². The number of sulfonamides is 1. The van der Waals surface area contributed by atoms with Crippen molar-refractivity contribution in [1.82, 2.24) is 4.31 Å². The molecular formula is C20H22ClN3O5S. The Hall–Kier alpha value is -2.62. The highest BCUT2D eigenvalue weighted by atomic mass is 35.5. The molecule has 2 aromatic rings. The van der Waals surface area contributed by atoms with Crippen molar-refractivity contribution in [2.45, 2.75) is 31.8 Å². The monoisotopic (exact) mass is 451 g/mol. The summed E-state index contributed by atoms with van der Waals surface area (Å²) in [6, 6.07) is 8.93. The molecule has 1 aliphatic rings. The fourth-order valence-corrected chi connectivity index (χ4v) is 4.99. The van der Waals surface area contributed by atoms with Crippen LogP contribution in [0.25, 0.3) is 0 Å². The van der Waals surface area contributed by atoms with Crippen molar-refractivity contribution in [1.29, 1.82) is 0 Å². The SMILES string of the molecule is CCN(CC)S(=O)(=O)c1cc(C(=O)Nc2ccc3c(c2)NC(=O)C(C)O3)ccc1Cl. The summed E-state index contributed by atoms with van der Waals surface area (Å²) < 4.78 is 32.4. The van der Waals surface area contributed by atoms with Crippen molar-refractivity contribution in [3.05, 3.63) is 47.0 Å². The van der Waals surface area contributed by atoms with Crippen LogP contribution in [0.5, 0.6) is 5.75 Å². The number of hydrogen-bond donors (Lipinski definition) is 2. The molecule has 0 saturated carbocycles. The van der Waals surface area contributed by atoms with Gasteiger partial charge in [-0.25, -0.2) is 8.42 Å². The summed E-state index contributed by atoms with van der Waals surface area (Å²) in [5, 5.41) is 5.44. The lowest BCUT2D eigenvalue weighted by molar-refractivity contribution is -0.122. The van der Waals surface area contributed by atoms with E-state index < -0.39 is 22.0 Å². The van der Waals surface area contributed by atoms with Gasteiger partial charge in [-0.1, -0.05) is 25.4 Å². The van der Waals surface area contributed by atoms with E-state index in [4.69, 9.17) is 16.3 Å². The summed E-state index contributed by atoms with van der Waals surface area (Å²) in [4.78, 5) is 24.4. The van der Waals surface area contributed by atoms with Crippen molar-refractivity contribution in [2.75, 3.05) is 23.7 Å². The first kappa shape index (κ1) is 22.1. The molecule has 1 aliphatic heterocycles. The van der Waals surface area contributed by atoms with Gasteiger partial charge < -0.3 is 15.4 Å². The number of nitrogens with zero attached hydrogens (tertiary/aromatic N) is 1. The molecule has 0 saturated heterocycles. The number of halogens is 1. The molecule has 1 heterocycles. The molecule has 160 valence electrons. The molecule has 8 nitrogen and oxygen atoms in total. The van der Waals surface area contributed by atoms with Gasteiger partial charge in [-0.2, -0.15) is 4.31 Å². The lowest BCUT2D eigenvalue weighted by Crippen LogP contribution is -2.34. The van der Waals surface area contributed by atoms with E-state index >= 15 is 0 Å². The van der Waals surface area contributed by atoms with Gasteiger partial charge in [0.2, 0.25) is 10.0 Å². The van der Waals surface area contributed by atoms with Crippen LogP contribution in [0.2, 0.25) is 5.02 Å². The quantitative estimate of drug-likeness (QED) is 0.700. The molecule has 0 bridgehead atoms. The third-order valence-electron chi connectivity index (χ3n) is 4.68. The van der Waals surface area contributed by atoms with Gasteiger partial charge in [0.1, 0.15) is 10.6 Å². The van der Waals surface area contributed by atoms with Crippen LogP contribution in [0.1, 0.15) is 31.1 Å². The smallest absolute Gasteiger partial charge is 0.265 e. The fourth-order valence-electron chi connectivity index (χ4n) is 3.03. The molecule has 0 aliphatic carbocycles. The minimum atomic E-state index is -3.83. The van der Waals surface area contributed by atoms with Crippen LogP contribution >= 0.6 is 11.6 Å². The number of amides is 2. The first-order valence-corrected chi connectivity index (χ1v) is 11.2. The first-order chi connectivity index (χ1) is 14.2. The molecule has 2 N–H and O–H groups in total. The van der Waals surface area contributed by atoms with Crippen molar-refractivity contribution in [3.8, 4) is 5.75 Å². The van der Waals surface area contributed by atoms with Crippen LogP contribution in [-0.2, 0) is 14.8 Å². The zero-order valence-electron chi connectivity index (χ0n) is 16.7. The standard InChI is InChI=1S/C20H22ClN3O5S/c1-4-24(5-2)30(27,28)18-10-13(6-8-15(18)21)20(26)22-14-7-9-17-16(11-14)23-19(25)12(3)29-17/h6-12H,4-5H2,1-3H3,(H,22,26)(H,23,25). The Morgan fingerprint density at radius 3 is 2.57 bits per heavy atom. The number of rotatable bonds is 6. The molecule has 0 spiro atoms. The summed E-state index contributed by atoms with van der Waals surface area (Å²) in [5.74, 6) is -0.298. The largest absolute Gasteiger partial charge is 0.479 e. The highest BCUT2D eigenvalue weighted by Gasteiger charge is 2.26. The molecule has 2 aromatic carbocycles. The molecule has 30 heavy (non-hydrogen) atoms. The minimum Gasteiger partial charge on any atom is -0.479 e. The van der Waals surface area contributed by atoms with Gasteiger partial charge >= 0.3 is 0 Å². The van der Waals surface area contributed by atoms with Gasteiger partial charge in [0.05, 0.1) is 10.7 Å². The van der Waals surface area contributed by atoms with Crippen LogP contribution in [0.4, 0.5) is 11.4 Å². The predicted molar refractivity (Wildman–Crippen MR) is 115 cm³/mol. The van der Waals surface area contributed by atoms with Gasteiger partial charge in [0, 0.05) is 24.3 Å². The Balaban J connectivity index is 1.87. The molecule has 1 unspecified atom stereocenters. The highest BCUT2D eigenvalue weighted by Crippen LogP contribution is 2.32. The minimum absolute atomic E-state index is 0.0428. The zero-order valence-corrected chi connectivity index (χ0v) is 18.3. The van der Waals surface area contributed by atoms with Crippen molar-refractivity contribution in [2.24, 2.45) is 0 Å². The highest BCUT2D eigenvalue weighted by molar-refractivity contribution is 7.89. The molecule has 10 heteroatoms. The normalized spacial score (nSPS) is 15.9. The van der Waals surface area contributed by atoms with E-state index in [9.17, 15) is 18.0 Å². The Morgan fingerprint density at radius 2 is 1.90 bits per heavy atom. The van der Waals surface area contributed by atoms with Crippen molar-refractivity contribution in [3.63, 3.8) is 0 Å². The number of fused-ring (bicyclic) bond motifs is 1. The van der Waals surface area contributed by atoms with E-state index in [1.54, 1.807) is 39.0 Å². The molecule has 0 radical (unpaired) electrons. The molecular weight excluding hydrogens is 430 g/mol. The molecule has 0 aromatic heterocycles. The third-order valence-corrected chi connectivity index (χ3v) is 7.22. The number of nitrogens with one attached hydrogen (secondary N) is 2. The average molecular weight is 452 g/mol. The maximum Gasteiger partial charge on any atom is 0.265 e. The second-order valence-electron chi connectivity index (χ2n) is 6.65. The van der Waals surface area contributed by atoms with Gasteiger partial charge in [-0.3, -0.25) is 9.59 Å². The van der Waals surface area contributed by atoms with Crippen molar-refractivity contribution < 1.29 is 22.7 Å². The summed E-state index contributed by atoms with van der Waals surface area (Å²) in [5.41, 5.74) is 0.994. The number of carbonyl (C=O) groups is 2. The Bertz CT molecular complexity index is 1100. The summed E-state index contributed by atoms with van der Waals surface area (Å²) in [7, 11) is -3.83. The third kappa shape index (κ3) is 4.28. The van der Waals surface area contributed by atoms with Crippen LogP contribution in [0.3, 0.4) is 0 Å². The van der Waals surface area contributed by atoms with E-state index in [1.807, 2.05) is 0 Å². The lowest BCUT2D eigenvalue weighted by atomic mass is 10.2. The summed E-state index contributed by atoms with van der Waals surface area (Å²) in [6.45, 7) is 5.66. The number of carbonyl (C=O) groups excluding carboxylic acids is 2. The van der Waals surface area contributed by atoms with Crippen LogP contribution in [0.15, 0.2) is 41.3 Å². The first-order valence-electron chi connectivity index (χ1n) is 9.40. The maximum atomic E-state index is 12.8. The van der Waals surface area contributed by atoms with E-state index in [0.717, 1.165) is 0 Å². The summed E-state index contributed by atoms with van der Waals surface area (Å²) in [6.07, 6.45) is -0.599. The second-order valence-corrected chi connectivity index (χ2v) is 8.96. The number of anilines is 2. The summed E-state index contributed by atoms with van der Waals surface area (Å²) >= 11 is 6.12. The van der Waals surface area contributed by atoms with E-state index in [2.05, 4.69) is 10.6 Å². The topological polar surface area (TPSA) is 105 Å². The zero-order chi connectivity index (χ0) is 22.1. The Morgan fingerprint density at radius 1 is 1.20 bits per heavy atom. The van der Waals surface area contributed by atoms with Crippen molar-refractivity contribution >= 4 is 44.8 Å². The molecule has 2 amide bonds. The van der Waals surface area contributed by atoms with E-state index in [0.29, 0.717) is 17.1 Å². The number of ether oxygens (including phenoxy) is 1. The predicted octanol–water partition coefficient (Wildman–Crippen LogP) is 3.34. The lowest BCUT2D eigenvalue weighted by Gasteiger charge is -2.23. The molecule has 0 fully saturated rings. The second kappa shape index (κ2) is 8.63. The Kier molecular flexibility index (Phi) is 6.35. The van der Waals surface area contributed by atoms with Crippen LogP contribution in [-0.4, -0.2) is 43.7 Å².